The van der Waals surface area contributed by atoms with Crippen molar-refractivity contribution in [2.45, 2.75) is 5.41 Å². The fourth-order valence-corrected chi connectivity index (χ4v) is 7.77. The van der Waals surface area contributed by atoms with Crippen LogP contribution in [0.5, 0.6) is 0 Å². The standard InChI is InChI=1S/C41H25BrO/c42-30-21-22-32-33-16-9-15-31(40(33)43-38(32)25-30)27-19-18-26-20-23-37-39(35(26)24-27)34-14-7-8-17-36(34)41(37,28-10-3-1-4-11-28)29-12-5-2-6-13-29/h1-25H. The molecule has 1 aromatic heterocycles. The van der Waals surface area contributed by atoms with E-state index in [0.717, 1.165) is 37.5 Å². The summed E-state index contributed by atoms with van der Waals surface area (Å²) in [6.45, 7) is 0. The van der Waals surface area contributed by atoms with E-state index in [-0.39, 0.29) is 0 Å². The molecule has 1 aliphatic rings. The van der Waals surface area contributed by atoms with Gasteiger partial charge in [-0.05, 0) is 74.0 Å². The normalized spacial score (nSPS) is 13.4. The van der Waals surface area contributed by atoms with Crippen molar-refractivity contribution in [2.75, 3.05) is 0 Å². The highest BCUT2D eigenvalue weighted by Gasteiger charge is 2.46. The Balaban J connectivity index is 1.37. The molecule has 2 heteroatoms. The van der Waals surface area contributed by atoms with Gasteiger partial charge < -0.3 is 4.42 Å². The highest BCUT2D eigenvalue weighted by atomic mass is 79.9. The summed E-state index contributed by atoms with van der Waals surface area (Å²) in [5, 5.41) is 4.75. The van der Waals surface area contributed by atoms with Crippen LogP contribution in [0.4, 0.5) is 0 Å². The molecule has 0 N–H and O–H groups in total. The van der Waals surface area contributed by atoms with Gasteiger partial charge in [-0.15, -0.1) is 0 Å². The van der Waals surface area contributed by atoms with Crippen LogP contribution in [0, 0.1) is 0 Å². The quantitative estimate of drug-likeness (QED) is 0.193. The highest BCUT2D eigenvalue weighted by molar-refractivity contribution is 9.10. The van der Waals surface area contributed by atoms with Crippen LogP contribution >= 0.6 is 15.9 Å². The predicted molar refractivity (Wildman–Crippen MR) is 182 cm³/mol. The first-order chi connectivity index (χ1) is 21.2. The second-order valence-electron chi connectivity index (χ2n) is 11.4. The van der Waals surface area contributed by atoms with Crippen LogP contribution in [-0.4, -0.2) is 0 Å². The van der Waals surface area contributed by atoms with Crippen molar-refractivity contribution in [3.8, 4) is 22.3 Å². The molecule has 7 aromatic carbocycles. The molecule has 0 radical (unpaired) electrons. The van der Waals surface area contributed by atoms with Crippen molar-refractivity contribution in [3.05, 3.63) is 178 Å². The van der Waals surface area contributed by atoms with Crippen molar-refractivity contribution in [2.24, 2.45) is 0 Å². The Labute approximate surface area is 258 Å². The molecule has 43 heavy (non-hydrogen) atoms. The Kier molecular flexibility index (Phi) is 5.33. The van der Waals surface area contributed by atoms with Gasteiger partial charge >= 0.3 is 0 Å². The lowest BCUT2D eigenvalue weighted by atomic mass is 9.67. The monoisotopic (exact) mass is 612 g/mol. The molecule has 0 saturated heterocycles. The highest BCUT2D eigenvalue weighted by Crippen LogP contribution is 2.57. The zero-order chi connectivity index (χ0) is 28.5. The third kappa shape index (κ3) is 3.45. The van der Waals surface area contributed by atoms with Crippen molar-refractivity contribution in [1.82, 2.24) is 0 Å². The largest absolute Gasteiger partial charge is 0.455 e. The molecule has 0 fully saturated rings. The third-order valence-corrected chi connectivity index (χ3v) is 9.70. The van der Waals surface area contributed by atoms with Crippen molar-refractivity contribution in [3.63, 3.8) is 0 Å². The van der Waals surface area contributed by atoms with Gasteiger partial charge in [0.25, 0.3) is 0 Å². The zero-order valence-corrected chi connectivity index (χ0v) is 24.8. The van der Waals surface area contributed by atoms with E-state index in [2.05, 4.69) is 168 Å². The number of furan rings is 1. The summed E-state index contributed by atoms with van der Waals surface area (Å²) >= 11 is 3.60. The van der Waals surface area contributed by atoms with Crippen LogP contribution < -0.4 is 0 Å². The molecule has 0 saturated carbocycles. The number of halogens is 1. The number of hydrogen-bond acceptors (Lipinski definition) is 1. The number of para-hydroxylation sites is 1. The molecule has 9 rings (SSSR count). The average molecular weight is 614 g/mol. The SMILES string of the molecule is Brc1ccc2c(c1)oc1c(-c3ccc4ccc5c(c4c3)-c3ccccc3C5(c3ccccc3)c3ccccc3)cccc12. The number of rotatable bonds is 3. The Morgan fingerprint density at radius 2 is 1.19 bits per heavy atom. The number of hydrogen-bond donors (Lipinski definition) is 0. The van der Waals surface area contributed by atoms with Crippen LogP contribution in [0.1, 0.15) is 22.3 Å². The summed E-state index contributed by atoms with van der Waals surface area (Å²) in [5.41, 5.74) is 11.5. The summed E-state index contributed by atoms with van der Waals surface area (Å²) in [6, 6.07) is 55.2. The van der Waals surface area contributed by atoms with Crippen LogP contribution in [-0.2, 0) is 5.41 Å². The molecular weight excluding hydrogens is 588 g/mol. The van der Waals surface area contributed by atoms with E-state index in [1.54, 1.807) is 0 Å². The lowest BCUT2D eigenvalue weighted by Crippen LogP contribution is -2.28. The van der Waals surface area contributed by atoms with Crippen molar-refractivity contribution >= 4 is 48.6 Å². The fourth-order valence-electron chi connectivity index (χ4n) is 7.43. The third-order valence-electron chi connectivity index (χ3n) is 9.21. The molecule has 0 aliphatic heterocycles. The van der Waals surface area contributed by atoms with E-state index < -0.39 is 5.41 Å². The summed E-state index contributed by atoms with van der Waals surface area (Å²) in [5.74, 6) is 0. The first-order valence-electron chi connectivity index (χ1n) is 14.6. The molecule has 1 nitrogen and oxygen atoms in total. The van der Waals surface area contributed by atoms with Crippen LogP contribution in [0.2, 0.25) is 0 Å². The molecule has 1 heterocycles. The second-order valence-corrected chi connectivity index (χ2v) is 12.3. The molecule has 0 bridgehead atoms. The molecule has 0 unspecified atom stereocenters. The topological polar surface area (TPSA) is 13.1 Å². The Morgan fingerprint density at radius 3 is 1.98 bits per heavy atom. The summed E-state index contributed by atoms with van der Waals surface area (Å²) in [6.07, 6.45) is 0. The van der Waals surface area contributed by atoms with Gasteiger partial charge in [-0.3, -0.25) is 0 Å². The van der Waals surface area contributed by atoms with E-state index in [1.165, 1.54) is 44.2 Å². The van der Waals surface area contributed by atoms with E-state index >= 15 is 0 Å². The number of fused-ring (bicyclic) bond motifs is 8. The van der Waals surface area contributed by atoms with E-state index in [4.69, 9.17) is 4.42 Å². The second kappa shape index (κ2) is 9.29. The maximum atomic E-state index is 6.50. The van der Waals surface area contributed by atoms with Gasteiger partial charge in [0.1, 0.15) is 11.2 Å². The maximum absolute atomic E-state index is 6.50. The van der Waals surface area contributed by atoms with Crippen molar-refractivity contribution < 1.29 is 4.42 Å². The summed E-state index contributed by atoms with van der Waals surface area (Å²) in [7, 11) is 0. The average Bonchev–Trinajstić information content (AvgIpc) is 3.59. The van der Waals surface area contributed by atoms with Crippen LogP contribution in [0.3, 0.4) is 0 Å². The lowest BCUT2D eigenvalue weighted by Gasteiger charge is -2.33. The minimum Gasteiger partial charge on any atom is -0.455 e. The molecule has 0 spiro atoms. The maximum Gasteiger partial charge on any atom is 0.143 e. The Hall–Kier alpha value is -4.92. The fraction of sp³-hybridized carbons (Fsp3) is 0.0244. The summed E-state index contributed by atoms with van der Waals surface area (Å²) in [4.78, 5) is 0. The Bertz CT molecular complexity index is 2310. The van der Waals surface area contributed by atoms with Crippen LogP contribution in [0.25, 0.3) is 55.0 Å². The molecular formula is C41H25BrO. The molecule has 0 amide bonds. The van der Waals surface area contributed by atoms with Crippen LogP contribution in [0.15, 0.2) is 161 Å². The van der Waals surface area contributed by atoms with Crippen molar-refractivity contribution in [1.29, 1.82) is 0 Å². The van der Waals surface area contributed by atoms with Gasteiger partial charge in [-0.25, -0.2) is 0 Å². The molecule has 8 aromatic rings. The van der Waals surface area contributed by atoms with Gasteiger partial charge in [0.15, 0.2) is 0 Å². The first-order valence-corrected chi connectivity index (χ1v) is 15.4. The minimum absolute atomic E-state index is 0.412. The molecule has 0 atom stereocenters. The van der Waals surface area contributed by atoms with Gasteiger partial charge in [0.05, 0.1) is 5.41 Å². The Morgan fingerprint density at radius 1 is 0.488 bits per heavy atom. The van der Waals surface area contributed by atoms with E-state index in [0.29, 0.717) is 0 Å². The predicted octanol–water partition coefficient (Wildman–Crippen LogP) is 11.5. The smallest absolute Gasteiger partial charge is 0.143 e. The first kappa shape index (κ1) is 24.7. The van der Waals surface area contributed by atoms with Gasteiger partial charge in [0, 0.05) is 20.8 Å². The van der Waals surface area contributed by atoms with Gasteiger partial charge in [-0.2, -0.15) is 0 Å². The molecule has 202 valence electrons. The number of benzene rings is 7. The molecule has 1 aliphatic carbocycles. The van der Waals surface area contributed by atoms with Gasteiger partial charge in [0.2, 0.25) is 0 Å². The lowest BCUT2D eigenvalue weighted by molar-refractivity contribution is 0.670. The summed E-state index contributed by atoms with van der Waals surface area (Å²) < 4.78 is 7.51. The zero-order valence-electron chi connectivity index (χ0n) is 23.2. The minimum atomic E-state index is -0.412. The van der Waals surface area contributed by atoms with E-state index in [1.807, 2.05) is 0 Å². The van der Waals surface area contributed by atoms with E-state index in [9.17, 15) is 0 Å². The van der Waals surface area contributed by atoms with Gasteiger partial charge in [-0.1, -0.05) is 143 Å².